The van der Waals surface area contributed by atoms with Crippen LogP contribution in [0.1, 0.15) is 49.4 Å². The minimum Gasteiger partial charge on any atom is -0.384 e. The van der Waals surface area contributed by atoms with Crippen LogP contribution in [0.5, 0.6) is 0 Å². The highest BCUT2D eigenvalue weighted by Gasteiger charge is 2.25. The van der Waals surface area contributed by atoms with E-state index in [9.17, 15) is 0 Å². The highest BCUT2D eigenvalue weighted by atomic mass is 15.1. The SMILES string of the molecule is Cc1c(-c2nc3ccccc3[nH]2)c(N)n(C2CCCCC2)c1C. The zero-order valence-corrected chi connectivity index (χ0v) is 13.9. The Balaban J connectivity index is 1.85. The fourth-order valence-corrected chi connectivity index (χ4v) is 4.03. The van der Waals surface area contributed by atoms with Crippen LogP contribution in [0.15, 0.2) is 24.3 Å². The summed E-state index contributed by atoms with van der Waals surface area (Å²) in [6.07, 6.45) is 6.44. The molecule has 1 aliphatic rings. The van der Waals surface area contributed by atoms with Gasteiger partial charge in [-0.05, 0) is 44.4 Å². The summed E-state index contributed by atoms with van der Waals surface area (Å²) in [5, 5.41) is 0. The van der Waals surface area contributed by atoms with Crippen LogP contribution >= 0.6 is 0 Å². The molecule has 1 fully saturated rings. The molecule has 23 heavy (non-hydrogen) atoms. The summed E-state index contributed by atoms with van der Waals surface area (Å²) in [5.74, 6) is 1.75. The maximum Gasteiger partial charge on any atom is 0.142 e. The fraction of sp³-hybridized carbons (Fsp3) is 0.421. The van der Waals surface area contributed by atoms with Gasteiger partial charge in [-0.25, -0.2) is 4.98 Å². The molecule has 120 valence electrons. The van der Waals surface area contributed by atoms with Crippen molar-refractivity contribution < 1.29 is 0 Å². The normalized spacial score (nSPS) is 16.3. The lowest BCUT2D eigenvalue weighted by Crippen LogP contribution is -2.16. The van der Waals surface area contributed by atoms with E-state index in [1.165, 1.54) is 43.4 Å². The average molecular weight is 308 g/mol. The Morgan fingerprint density at radius 2 is 1.87 bits per heavy atom. The van der Waals surface area contributed by atoms with Crippen molar-refractivity contribution in [2.45, 2.75) is 52.0 Å². The number of rotatable bonds is 2. The molecule has 4 heteroatoms. The van der Waals surface area contributed by atoms with Crippen molar-refractivity contribution in [3.05, 3.63) is 35.5 Å². The number of nitrogen functional groups attached to an aromatic ring is 1. The first-order valence-electron chi connectivity index (χ1n) is 8.59. The highest BCUT2D eigenvalue weighted by Crippen LogP contribution is 2.39. The van der Waals surface area contributed by atoms with Gasteiger partial charge in [0.25, 0.3) is 0 Å². The number of hydrogen-bond acceptors (Lipinski definition) is 2. The van der Waals surface area contributed by atoms with E-state index < -0.39 is 0 Å². The highest BCUT2D eigenvalue weighted by molar-refractivity contribution is 5.83. The summed E-state index contributed by atoms with van der Waals surface area (Å²) in [4.78, 5) is 8.19. The number of benzene rings is 1. The lowest BCUT2D eigenvalue weighted by atomic mass is 9.95. The topological polar surface area (TPSA) is 59.6 Å². The number of hydrogen-bond donors (Lipinski definition) is 2. The van der Waals surface area contributed by atoms with Gasteiger partial charge >= 0.3 is 0 Å². The van der Waals surface area contributed by atoms with Gasteiger partial charge in [-0.2, -0.15) is 0 Å². The molecule has 1 saturated carbocycles. The maximum absolute atomic E-state index is 6.59. The molecule has 0 atom stereocenters. The van der Waals surface area contributed by atoms with Crippen LogP contribution in [0.2, 0.25) is 0 Å². The molecule has 0 unspecified atom stereocenters. The summed E-state index contributed by atoms with van der Waals surface area (Å²) >= 11 is 0. The second-order valence-electron chi connectivity index (χ2n) is 6.74. The van der Waals surface area contributed by atoms with Crippen LogP contribution in [0.3, 0.4) is 0 Å². The van der Waals surface area contributed by atoms with E-state index in [2.05, 4.69) is 29.5 Å². The third-order valence-electron chi connectivity index (χ3n) is 5.36. The van der Waals surface area contributed by atoms with Crippen LogP contribution in [-0.4, -0.2) is 14.5 Å². The van der Waals surface area contributed by atoms with Crippen LogP contribution < -0.4 is 5.73 Å². The van der Waals surface area contributed by atoms with Gasteiger partial charge in [0.05, 0.1) is 16.6 Å². The Morgan fingerprint density at radius 1 is 1.13 bits per heavy atom. The fourth-order valence-electron chi connectivity index (χ4n) is 4.03. The summed E-state index contributed by atoms with van der Waals surface area (Å²) in [7, 11) is 0. The van der Waals surface area contributed by atoms with Crippen molar-refractivity contribution in [3.63, 3.8) is 0 Å². The first-order valence-corrected chi connectivity index (χ1v) is 8.59. The predicted molar refractivity (Wildman–Crippen MR) is 95.5 cm³/mol. The van der Waals surface area contributed by atoms with Gasteiger partial charge in [0.15, 0.2) is 0 Å². The number of aromatic amines is 1. The molecular weight excluding hydrogens is 284 g/mol. The Kier molecular flexibility index (Phi) is 3.40. The second-order valence-corrected chi connectivity index (χ2v) is 6.74. The quantitative estimate of drug-likeness (QED) is 0.718. The van der Waals surface area contributed by atoms with Crippen molar-refractivity contribution in [3.8, 4) is 11.4 Å². The van der Waals surface area contributed by atoms with E-state index >= 15 is 0 Å². The standard InChI is InChI=1S/C19H24N4/c1-12-13(2)23(14-8-4-3-5-9-14)18(20)17(12)19-21-15-10-6-7-11-16(15)22-19/h6-7,10-11,14H,3-5,8-9,20H2,1-2H3,(H,21,22). The van der Waals surface area contributed by atoms with Crippen molar-refractivity contribution in [1.82, 2.24) is 14.5 Å². The Bertz CT molecular complexity index is 817. The molecule has 0 bridgehead atoms. The second kappa shape index (κ2) is 5.44. The van der Waals surface area contributed by atoms with Gasteiger partial charge in [-0.3, -0.25) is 0 Å². The Labute approximate surface area is 136 Å². The zero-order valence-electron chi connectivity index (χ0n) is 13.9. The molecule has 0 radical (unpaired) electrons. The smallest absolute Gasteiger partial charge is 0.142 e. The molecule has 3 aromatic rings. The average Bonchev–Trinajstić information content (AvgIpc) is 3.07. The lowest BCUT2D eigenvalue weighted by molar-refractivity contribution is 0.353. The first kappa shape index (κ1) is 14.4. The van der Waals surface area contributed by atoms with E-state index in [1.54, 1.807) is 0 Å². The summed E-state index contributed by atoms with van der Waals surface area (Å²) in [5.41, 5.74) is 12.2. The molecule has 0 spiro atoms. The van der Waals surface area contributed by atoms with Crippen molar-refractivity contribution >= 4 is 16.9 Å². The maximum atomic E-state index is 6.59. The van der Waals surface area contributed by atoms with E-state index in [0.29, 0.717) is 6.04 Å². The number of anilines is 1. The van der Waals surface area contributed by atoms with Crippen LogP contribution in [0.25, 0.3) is 22.4 Å². The summed E-state index contributed by atoms with van der Waals surface area (Å²) in [6.45, 7) is 4.35. The van der Waals surface area contributed by atoms with Gasteiger partial charge in [-0.1, -0.05) is 31.4 Å². The van der Waals surface area contributed by atoms with Crippen LogP contribution in [-0.2, 0) is 0 Å². The first-order chi connectivity index (χ1) is 11.2. The third-order valence-corrected chi connectivity index (χ3v) is 5.36. The van der Waals surface area contributed by atoms with Crippen molar-refractivity contribution in [2.75, 3.05) is 5.73 Å². The molecule has 0 aliphatic heterocycles. The summed E-state index contributed by atoms with van der Waals surface area (Å²) < 4.78 is 2.36. The molecule has 0 saturated heterocycles. The number of para-hydroxylation sites is 2. The van der Waals surface area contributed by atoms with Crippen molar-refractivity contribution in [2.24, 2.45) is 0 Å². The van der Waals surface area contributed by atoms with Gasteiger partial charge < -0.3 is 15.3 Å². The van der Waals surface area contributed by atoms with Gasteiger partial charge in [0.2, 0.25) is 0 Å². The van der Waals surface area contributed by atoms with Gasteiger partial charge in [-0.15, -0.1) is 0 Å². The monoisotopic (exact) mass is 308 g/mol. The number of fused-ring (bicyclic) bond motifs is 1. The van der Waals surface area contributed by atoms with E-state index in [0.717, 1.165) is 28.2 Å². The number of nitrogens with one attached hydrogen (secondary N) is 1. The minimum atomic E-state index is 0.542. The Morgan fingerprint density at radius 3 is 2.61 bits per heavy atom. The number of H-pyrrole nitrogens is 1. The molecule has 1 aliphatic carbocycles. The largest absolute Gasteiger partial charge is 0.384 e. The lowest BCUT2D eigenvalue weighted by Gasteiger charge is -2.26. The van der Waals surface area contributed by atoms with Crippen molar-refractivity contribution in [1.29, 1.82) is 0 Å². The van der Waals surface area contributed by atoms with E-state index in [1.807, 2.05) is 18.2 Å². The van der Waals surface area contributed by atoms with Crippen LogP contribution in [0, 0.1) is 13.8 Å². The molecule has 4 nitrogen and oxygen atoms in total. The molecule has 2 heterocycles. The number of imidazole rings is 1. The number of nitrogens with zero attached hydrogens (tertiary/aromatic N) is 2. The van der Waals surface area contributed by atoms with Gasteiger partial charge in [0, 0.05) is 11.7 Å². The van der Waals surface area contributed by atoms with Crippen LogP contribution in [0.4, 0.5) is 5.82 Å². The summed E-state index contributed by atoms with van der Waals surface area (Å²) in [6, 6.07) is 8.68. The molecule has 3 N–H and O–H groups in total. The number of nitrogens with two attached hydrogens (primary N) is 1. The number of aromatic nitrogens is 3. The molecular formula is C19H24N4. The molecule has 4 rings (SSSR count). The Hall–Kier alpha value is -2.23. The van der Waals surface area contributed by atoms with E-state index in [4.69, 9.17) is 10.7 Å². The zero-order chi connectivity index (χ0) is 16.0. The van der Waals surface area contributed by atoms with E-state index in [-0.39, 0.29) is 0 Å². The minimum absolute atomic E-state index is 0.542. The molecule has 2 aromatic heterocycles. The molecule has 1 aromatic carbocycles. The third kappa shape index (κ3) is 2.24. The molecule has 0 amide bonds. The predicted octanol–water partition coefficient (Wildman–Crippen LogP) is 4.74. The van der Waals surface area contributed by atoms with Gasteiger partial charge in [0.1, 0.15) is 11.6 Å².